The van der Waals surface area contributed by atoms with Gasteiger partial charge in [0.15, 0.2) is 6.61 Å². The van der Waals surface area contributed by atoms with Crippen LogP contribution in [0.3, 0.4) is 0 Å². The number of carbonyl (C=O) groups is 2. The maximum absolute atomic E-state index is 12.4. The van der Waals surface area contributed by atoms with Crippen molar-refractivity contribution in [3.63, 3.8) is 0 Å². The zero-order chi connectivity index (χ0) is 18.2. The molecule has 132 valence electrons. The Morgan fingerprint density at radius 2 is 1.68 bits per heavy atom. The van der Waals surface area contributed by atoms with Gasteiger partial charge in [0.2, 0.25) is 5.91 Å². The lowest BCUT2D eigenvalue weighted by Gasteiger charge is -2.21. The SMILES string of the molecule is CC(C)[C@H](NC(=O)COc1ccccc1)C(=O)Nc1ccc(Cl)cc1. The lowest BCUT2D eigenvalue weighted by atomic mass is 10.0. The summed E-state index contributed by atoms with van der Waals surface area (Å²) in [5.41, 5.74) is 0.620. The highest BCUT2D eigenvalue weighted by atomic mass is 35.5. The van der Waals surface area contributed by atoms with Crippen LogP contribution in [-0.2, 0) is 9.59 Å². The summed E-state index contributed by atoms with van der Waals surface area (Å²) < 4.78 is 5.40. The first kappa shape index (κ1) is 18.8. The van der Waals surface area contributed by atoms with Gasteiger partial charge in [-0.3, -0.25) is 9.59 Å². The Balaban J connectivity index is 1.91. The molecule has 2 rings (SSSR count). The molecule has 0 spiro atoms. The summed E-state index contributed by atoms with van der Waals surface area (Å²) in [6, 6.07) is 15.2. The zero-order valence-electron chi connectivity index (χ0n) is 14.2. The molecule has 0 aromatic heterocycles. The second-order valence-corrected chi connectivity index (χ2v) is 6.32. The third kappa shape index (κ3) is 6.12. The van der Waals surface area contributed by atoms with Gasteiger partial charge in [0.1, 0.15) is 11.8 Å². The first-order valence-electron chi connectivity index (χ1n) is 7.99. The van der Waals surface area contributed by atoms with Crippen molar-refractivity contribution in [2.75, 3.05) is 11.9 Å². The summed E-state index contributed by atoms with van der Waals surface area (Å²) in [5, 5.41) is 6.08. The molecule has 0 fully saturated rings. The third-order valence-corrected chi connectivity index (χ3v) is 3.74. The molecule has 0 radical (unpaired) electrons. The van der Waals surface area contributed by atoms with E-state index in [9.17, 15) is 9.59 Å². The summed E-state index contributed by atoms with van der Waals surface area (Å²) in [6.07, 6.45) is 0. The van der Waals surface area contributed by atoms with Crippen LogP contribution in [0.15, 0.2) is 54.6 Å². The summed E-state index contributed by atoms with van der Waals surface area (Å²) >= 11 is 5.83. The van der Waals surface area contributed by atoms with E-state index in [0.717, 1.165) is 0 Å². The molecular weight excluding hydrogens is 340 g/mol. The quantitative estimate of drug-likeness (QED) is 0.794. The number of hydrogen-bond donors (Lipinski definition) is 2. The van der Waals surface area contributed by atoms with E-state index < -0.39 is 6.04 Å². The van der Waals surface area contributed by atoms with Gasteiger partial charge in [-0.2, -0.15) is 0 Å². The average molecular weight is 361 g/mol. The number of para-hydroxylation sites is 1. The molecule has 25 heavy (non-hydrogen) atoms. The first-order chi connectivity index (χ1) is 12.0. The molecular formula is C19H21ClN2O3. The highest BCUT2D eigenvalue weighted by Crippen LogP contribution is 2.15. The van der Waals surface area contributed by atoms with Crippen LogP contribution >= 0.6 is 11.6 Å². The lowest BCUT2D eigenvalue weighted by Crippen LogP contribution is -2.48. The van der Waals surface area contributed by atoms with Crippen molar-refractivity contribution in [2.24, 2.45) is 5.92 Å². The molecule has 6 heteroatoms. The fourth-order valence-electron chi connectivity index (χ4n) is 2.17. The largest absolute Gasteiger partial charge is 0.484 e. The standard InChI is InChI=1S/C19H21ClN2O3/c1-13(2)18(19(24)21-15-10-8-14(20)9-11-15)22-17(23)12-25-16-6-4-3-5-7-16/h3-11,13,18H,12H2,1-2H3,(H,21,24)(H,22,23)/t18-/m0/s1. The summed E-state index contributed by atoms with van der Waals surface area (Å²) in [5.74, 6) is -0.114. The predicted molar refractivity (Wildman–Crippen MR) is 98.8 cm³/mol. The fraction of sp³-hybridized carbons (Fsp3) is 0.263. The highest BCUT2D eigenvalue weighted by molar-refractivity contribution is 6.30. The number of hydrogen-bond acceptors (Lipinski definition) is 3. The van der Waals surface area contributed by atoms with Gasteiger partial charge in [0, 0.05) is 10.7 Å². The van der Waals surface area contributed by atoms with Crippen LogP contribution in [0.5, 0.6) is 5.75 Å². The molecule has 0 aliphatic rings. The Labute approximate surface area is 152 Å². The Bertz CT molecular complexity index is 702. The van der Waals surface area contributed by atoms with E-state index in [1.54, 1.807) is 36.4 Å². The van der Waals surface area contributed by atoms with Crippen LogP contribution < -0.4 is 15.4 Å². The van der Waals surface area contributed by atoms with E-state index in [1.807, 2.05) is 32.0 Å². The van der Waals surface area contributed by atoms with Crippen molar-refractivity contribution >= 4 is 29.1 Å². The minimum absolute atomic E-state index is 0.0759. The highest BCUT2D eigenvalue weighted by Gasteiger charge is 2.24. The van der Waals surface area contributed by atoms with E-state index in [4.69, 9.17) is 16.3 Å². The molecule has 2 N–H and O–H groups in total. The van der Waals surface area contributed by atoms with Crippen LogP contribution in [0.1, 0.15) is 13.8 Å². The van der Waals surface area contributed by atoms with Gasteiger partial charge in [-0.1, -0.05) is 43.6 Å². The Hall–Kier alpha value is -2.53. The van der Waals surface area contributed by atoms with Crippen molar-refractivity contribution in [1.82, 2.24) is 5.32 Å². The molecule has 2 aromatic rings. The van der Waals surface area contributed by atoms with Crippen molar-refractivity contribution in [3.05, 3.63) is 59.6 Å². The smallest absolute Gasteiger partial charge is 0.258 e. The maximum Gasteiger partial charge on any atom is 0.258 e. The van der Waals surface area contributed by atoms with Crippen molar-refractivity contribution in [3.8, 4) is 5.75 Å². The molecule has 1 atom stereocenters. The van der Waals surface area contributed by atoms with Gasteiger partial charge >= 0.3 is 0 Å². The van der Waals surface area contributed by atoms with Gasteiger partial charge in [-0.15, -0.1) is 0 Å². The van der Waals surface area contributed by atoms with Crippen LogP contribution in [0.2, 0.25) is 5.02 Å². The van der Waals surface area contributed by atoms with Gasteiger partial charge in [0.05, 0.1) is 0 Å². The minimum atomic E-state index is -0.664. The number of amides is 2. The van der Waals surface area contributed by atoms with Gasteiger partial charge in [-0.25, -0.2) is 0 Å². The Morgan fingerprint density at radius 1 is 1.04 bits per heavy atom. The van der Waals surface area contributed by atoms with E-state index in [1.165, 1.54) is 0 Å². The fourth-order valence-corrected chi connectivity index (χ4v) is 2.29. The molecule has 0 saturated heterocycles. The number of ether oxygens (including phenoxy) is 1. The van der Waals surface area contributed by atoms with Gasteiger partial charge in [0.25, 0.3) is 5.91 Å². The van der Waals surface area contributed by atoms with Crippen LogP contribution in [0.4, 0.5) is 5.69 Å². The summed E-state index contributed by atoms with van der Waals surface area (Å²) in [6.45, 7) is 3.58. The first-order valence-corrected chi connectivity index (χ1v) is 8.37. The number of rotatable bonds is 7. The van der Waals surface area contributed by atoms with Crippen molar-refractivity contribution in [1.29, 1.82) is 0 Å². The van der Waals surface area contributed by atoms with Gasteiger partial charge < -0.3 is 15.4 Å². The molecule has 0 unspecified atom stereocenters. The number of anilines is 1. The van der Waals surface area contributed by atoms with E-state index >= 15 is 0 Å². The zero-order valence-corrected chi connectivity index (χ0v) is 14.9. The average Bonchev–Trinajstić information content (AvgIpc) is 2.60. The number of nitrogens with one attached hydrogen (secondary N) is 2. The van der Waals surface area contributed by atoms with Crippen molar-refractivity contribution < 1.29 is 14.3 Å². The van der Waals surface area contributed by atoms with E-state index in [0.29, 0.717) is 16.5 Å². The molecule has 5 nitrogen and oxygen atoms in total. The maximum atomic E-state index is 12.4. The molecule has 0 aliphatic heterocycles. The normalized spacial score (nSPS) is 11.7. The summed E-state index contributed by atoms with van der Waals surface area (Å²) in [4.78, 5) is 24.5. The Kier molecular flexibility index (Phi) is 6.83. The lowest BCUT2D eigenvalue weighted by molar-refractivity contribution is -0.128. The minimum Gasteiger partial charge on any atom is -0.484 e. The molecule has 0 heterocycles. The molecule has 2 amide bonds. The molecule has 0 aliphatic carbocycles. The second-order valence-electron chi connectivity index (χ2n) is 5.89. The molecule has 0 saturated carbocycles. The number of benzene rings is 2. The number of carbonyl (C=O) groups excluding carboxylic acids is 2. The topological polar surface area (TPSA) is 67.4 Å². The molecule has 2 aromatic carbocycles. The predicted octanol–water partition coefficient (Wildman–Crippen LogP) is 3.50. The van der Waals surface area contributed by atoms with Crippen LogP contribution in [0.25, 0.3) is 0 Å². The van der Waals surface area contributed by atoms with Crippen LogP contribution in [-0.4, -0.2) is 24.5 Å². The van der Waals surface area contributed by atoms with Crippen molar-refractivity contribution in [2.45, 2.75) is 19.9 Å². The molecule has 0 bridgehead atoms. The summed E-state index contributed by atoms with van der Waals surface area (Å²) in [7, 11) is 0. The second kappa shape index (κ2) is 9.08. The van der Waals surface area contributed by atoms with Gasteiger partial charge in [-0.05, 0) is 42.3 Å². The number of halogens is 1. The monoisotopic (exact) mass is 360 g/mol. The van der Waals surface area contributed by atoms with E-state index in [2.05, 4.69) is 10.6 Å². The van der Waals surface area contributed by atoms with E-state index in [-0.39, 0.29) is 24.3 Å². The van der Waals surface area contributed by atoms with Crippen LogP contribution in [0, 0.1) is 5.92 Å². The third-order valence-electron chi connectivity index (χ3n) is 3.49. The Morgan fingerprint density at radius 3 is 2.28 bits per heavy atom.